The topological polar surface area (TPSA) is 34.1 Å². The molecule has 0 aromatic heterocycles. The molecule has 1 aliphatic rings. The summed E-state index contributed by atoms with van der Waals surface area (Å²) >= 11 is 0. The van der Waals surface area contributed by atoms with Crippen molar-refractivity contribution in [1.82, 2.24) is 0 Å². The van der Waals surface area contributed by atoms with Crippen LogP contribution >= 0.6 is 0 Å². The van der Waals surface area contributed by atoms with Gasteiger partial charge >= 0.3 is 0 Å². The predicted molar refractivity (Wildman–Crippen MR) is 37.6 cm³/mol. The van der Waals surface area contributed by atoms with Gasteiger partial charge in [0, 0.05) is 12.8 Å². The molecule has 0 heterocycles. The van der Waals surface area contributed by atoms with E-state index >= 15 is 0 Å². The van der Waals surface area contributed by atoms with Crippen LogP contribution < -0.4 is 0 Å². The van der Waals surface area contributed by atoms with Gasteiger partial charge in [0.15, 0.2) is 0 Å². The second-order valence-electron chi connectivity index (χ2n) is 2.90. The highest BCUT2D eigenvalue weighted by Crippen LogP contribution is 2.37. The highest BCUT2D eigenvalue weighted by Gasteiger charge is 2.29. The first-order valence-corrected chi connectivity index (χ1v) is 3.75. The van der Waals surface area contributed by atoms with E-state index in [0.717, 1.165) is 25.4 Å². The van der Waals surface area contributed by atoms with Gasteiger partial charge in [0.25, 0.3) is 0 Å². The smallest absolute Gasteiger partial charge is 0.120 e. The fourth-order valence-electron chi connectivity index (χ4n) is 1.51. The summed E-state index contributed by atoms with van der Waals surface area (Å²) in [5, 5.41) is 0. The molecule has 1 saturated carbocycles. The van der Waals surface area contributed by atoms with Crippen molar-refractivity contribution >= 4 is 12.6 Å². The third kappa shape index (κ3) is 1.43. The first kappa shape index (κ1) is 7.45. The zero-order chi connectivity index (χ0) is 7.40. The summed E-state index contributed by atoms with van der Waals surface area (Å²) in [7, 11) is 0. The van der Waals surface area contributed by atoms with Crippen LogP contribution in [0.3, 0.4) is 0 Å². The predicted octanol–water partition coefficient (Wildman–Crippen LogP) is 1.19. The Balaban J connectivity index is 2.21. The second kappa shape index (κ2) is 3.49. The molecule has 0 N–H and O–H groups in total. The molecule has 56 valence electrons. The standard InChI is InChI=1S/C8H12O2/c9-5-3-7-1-2-8(7)4-6-10/h5-8H,1-4H2. The molecule has 0 spiro atoms. The van der Waals surface area contributed by atoms with Gasteiger partial charge in [-0.1, -0.05) is 0 Å². The molecule has 0 aliphatic heterocycles. The summed E-state index contributed by atoms with van der Waals surface area (Å²) in [6.07, 6.45) is 5.49. The van der Waals surface area contributed by atoms with E-state index in [1.54, 1.807) is 0 Å². The minimum atomic E-state index is 0.516. The van der Waals surface area contributed by atoms with E-state index in [1.165, 1.54) is 0 Å². The van der Waals surface area contributed by atoms with Crippen LogP contribution in [0.5, 0.6) is 0 Å². The van der Waals surface area contributed by atoms with Crippen molar-refractivity contribution < 1.29 is 9.59 Å². The lowest BCUT2D eigenvalue weighted by atomic mass is 9.71. The van der Waals surface area contributed by atoms with Crippen LogP contribution in [0.15, 0.2) is 0 Å². The third-order valence-electron chi connectivity index (χ3n) is 2.37. The summed E-state index contributed by atoms with van der Waals surface area (Å²) in [5.41, 5.74) is 0. The normalized spacial score (nSPS) is 30.8. The molecule has 0 aromatic carbocycles. The van der Waals surface area contributed by atoms with Gasteiger partial charge in [-0.25, -0.2) is 0 Å². The van der Waals surface area contributed by atoms with Gasteiger partial charge in [-0.2, -0.15) is 0 Å². The number of carbonyl (C=O) groups excluding carboxylic acids is 2. The highest BCUT2D eigenvalue weighted by atomic mass is 16.1. The maximum atomic E-state index is 10.1. The Morgan fingerprint density at radius 3 is 1.60 bits per heavy atom. The fourth-order valence-corrected chi connectivity index (χ4v) is 1.51. The lowest BCUT2D eigenvalue weighted by Crippen LogP contribution is -2.26. The molecule has 2 nitrogen and oxygen atoms in total. The van der Waals surface area contributed by atoms with Crippen molar-refractivity contribution in [3.05, 3.63) is 0 Å². The maximum Gasteiger partial charge on any atom is 0.120 e. The summed E-state index contributed by atoms with van der Waals surface area (Å²) in [6, 6.07) is 0. The van der Waals surface area contributed by atoms with Crippen molar-refractivity contribution in [1.29, 1.82) is 0 Å². The van der Waals surface area contributed by atoms with Gasteiger partial charge in [-0.15, -0.1) is 0 Å². The van der Waals surface area contributed by atoms with E-state index < -0.39 is 0 Å². The molecule has 10 heavy (non-hydrogen) atoms. The van der Waals surface area contributed by atoms with Gasteiger partial charge < -0.3 is 9.59 Å². The summed E-state index contributed by atoms with van der Waals surface area (Å²) in [5.74, 6) is 1.03. The van der Waals surface area contributed by atoms with Gasteiger partial charge in [-0.3, -0.25) is 0 Å². The van der Waals surface area contributed by atoms with Crippen LogP contribution in [0.1, 0.15) is 25.7 Å². The minimum absolute atomic E-state index is 0.516. The van der Waals surface area contributed by atoms with E-state index in [2.05, 4.69) is 0 Å². The van der Waals surface area contributed by atoms with Gasteiger partial charge in [-0.05, 0) is 24.7 Å². The van der Waals surface area contributed by atoms with Gasteiger partial charge in [0.05, 0.1) is 0 Å². The molecule has 2 atom stereocenters. The fraction of sp³-hybridized carbons (Fsp3) is 0.750. The molecular weight excluding hydrogens is 128 g/mol. The summed E-state index contributed by atoms with van der Waals surface area (Å²) < 4.78 is 0. The first-order chi connectivity index (χ1) is 4.88. The van der Waals surface area contributed by atoms with Crippen LogP contribution in [0, 0.1) is 11.8 Å². The quantitative estimate of drug-likeness (QED) is 0.550. The zero-order valence-electron chi connectivity index (χ0n) is 5.95. The van der Waals surface area contributed by atoms with Crippen molar-refractivity contribution in [2.75, 3.05) is 0 Å². The van der Waals surface area contributed by atoms with Crippen molar-refractivity contribution in [3.63, 3.8) is 0 Å². The van der Waals surface area contributed by atoms with E-state index in [-0.39, 0.29) is 0 Å². The van der Waals surface area contributed by atoms with Crippen LogP contribution in [0.25, 0.3) is 0 Å². The molecular formula is C8H12O2. The van der Waals surface area contributed by atoms with Crippen LogP contribution in [0.4, 0.5) is 0 Å². The number of carbonyl (C=O) groups is 2. The lowest BCUT2D eigenvalue weighted by molar-refractivity contribution is -0.113. The molecule has 0 radical (unpaired) electrons. The zero-order valence-corrected chi connectivity index (χ0v) is 5.95. The number of aldehydes is 2. The largest absolute Gasteiger partial charge is 0.303 e. The average molecular weight is 140 g/mol. The molecule has 1 fully saturated rings. The molecule has 0 aromatic rings. The molecule has 0 bridgehead atoms. The monoisotopic (exact) mass is 140 g/mol. The van der Waals surface area contributed by atoms with Crippen LogP contribution in [-0.2, 0) is 9.59 Å². The molecule has 1 rings (SSSR count). The Bertz CT molecular complexity index is 115. The summed E-state index contributed by atoms with van der Waals surface area (Å²) in [4.78, 5) is 20.1. The molecule has 0 saturated heterocycles. The molecule has 1 aliphatic carbocycles. The SMILES string of the molecule is O=CCC1CCC1CC=O. The number of hydrogen-bond donors (Lipinski definition) is 0. The van der Waals surface area contributed by atoms with Crippen LogP contribution in [0.2, 0.25) is 0 Å². The van der Waals surface area contributed by atoms with Crippen LogP contribution in [-0.4, -0.2) is 12.6 Å². The second-order valence-corrected chi connectivity index (χ2v) is 2.90. The summed E-state index contributed by atoms with van der Waals surface area (Å²) in [6.45, 7) is 0. The van der Waals surface area contributed by atoms with Gasteiger partial charge in [0.1, 0.15) is 12.6 Å². The van der Waals surface area contributed by atoms with Crippen molar-refractivity contribution in [2.24, 2.45) is 11.8 Å². The van der Waals surface area contributed by atoms with E-state index in [1.807, 2.05) is 0 Å². The Hall–Kier alpha value is -0.660. The van der Waals surface area contributed by atoms with Gasteiger partial charge in [0.2, 0.25) is 0 Å². The Kier molecular flexibility index (Phi) is 2.60. The van der Waals surface area contributed by atoms with E-state index in [9.17, 15) is 9.59 Å². The first-order valence-electron chi connectivity index (χ1n) is 3.75. The molecule has 2 heteroatoms. The minimum Gasteiger partial charge on any atom is -0.303 e. The van der Waals surface area contributed by atoms with E-state index in [4.69, 9.17) is 0 Å². The third-order valence-corrected chi connectivity index (χ3v) is 2.37. The number of rotatable bonds is 4. The number of hydrogen-bond acceptors (Lipinski definition) is 2. The average Bonchev–Trinajstić information content (AvgIpc) is 1.93. The lowest BCUT2D eigenvalue weighted by Gasteiger charge is -2.34. The highest BCUT2D eigenvalue weighted by molar-refractivity contribution is 5.52. The Labute approximate surface area is 60.6 Å². The maximum absolute atomic E-state index is 10.1. The molecule has 0 amide bonds. The Morgan fingerprint density at radius 1 is 1.00 bits per heavy atom. The van der Waals surface area contributed by atoms with E-state index in [0.29, 0.717) is 24.7 Å². The Morgan fingerprint density at radius 2 is 1.40 bits per heavy atom. The molecule has 2 unspecified atom stereocenters. The van der Waals surface area contributed by atoms with Crippen molar-refractivity contribution in [3.8, 4) is 0 Å². The van der Waals surface area contributed by atoms with Crippen molar-refractivity contribution in [2.45, 2.75) is 25.7 Å².